The van der Waals surface area contributed by atoms with E-state index in [-0.39, 0.29) is 0 Å². The quantitative estimate of drug-likeness (QED) is 0.559. The fourth-order valence-corrected chi connectivity index (χ4v) is 3.37. The molecule has 1 aliphatic heterocycles. The molecule has 8 nitrogen and oxygen atoms in total. The minimum absolute atomic E-state index is 0.736. The highest BCUT2D eigenvalue weighted by Crippen LogP contribution is 2.18. The van der Waals surface area contributed by atoms with Crippen LogP contribution >= 0.6 is 0 Å². The summed E-state index contributed by atoms with van der Waals surface area (Å²) in [5.41, 5.74) is 2.55. The van der Waals surface area contributed by atoms with Crippen LogP contribution in [0.4, 0.5) is 5.82 Å². The second kappa shape index (κ2) is 6.06. The molecule has 5 rings (SSSR count). The predicted molar refractivity (Wildman–Crippen MR) is 97.0 cm³/mol. The Morgan fingerprint density at radius 3 is 2.69 bits per heavy atom. The number of aromatic nitrogens is 5. The molecule has 0 spiro atoms. The lowest BCUT2D eigenvalue weighted by Crippen LogP contribution is -2.46. The Kier molecular flexibility index (Phi) is 3.56. The number of para-hydroxylation sites is 2. The van der Waals surface area contributed by atoms with Crippen LogP contribution in [0.1, 0.15) is 11.7 Å². The molecule has 1 saturated heterocycles. The average Bonchev–Trinajstić information content (AvgIpc) is 3.25. The molecule has 0 unspecified atom stereocenters. The van der Waals surface area contributed by atoms with Crippen LogP contribution in [0.3, 0.4) is 0 Å². The highest BCUT2D eigenvalue weighted by Gasteiger charge is 2.20. The summed E-state index contributed by atoms with van der Waals surface area (Å²) in [5.74, 6) is 2.54. The van der Waals surface area contributed by atoms with Crippen molar-refractivity contribution in [1.29, 1.82) is 0 Å². The van der Waals surface area contributed by atoms with Crippen molar-refractivity contribution in [1.82, 2.24) is 29.7 Å². The lowest BCUT2D eigenvalue weighted by Gasteiger charge is -2.34. The molecule has 0 amide bonds. The first kappa shape index (κ1) is 15.3. The van der Waals surface area contributed by atoms with E-state index < -0.39 is 0 Å². The van der Waals surface area contributed by atoms with Crippen molar-refractivity contribution >= 4 is 22.6 Å². The van der Waals surface area contributed by atoms with Gasteiger partial charge in [-0.15, -0.1) is 15.3 Å². The molecule has 0 bridgehead atoms. The van der Waals surface area contributed by atoms with Gasteiger partial charge in [0.1, 0.15) is 11.3 Å². The Morgan fingerprint density at radius 2 is 1.85 bits per heavy atom. The van der Waals surface area contributed by atoms with Gasteiger partial charge < -0.3 is 9.32 Å². The maximum atomic E-state index is 5.84. The molecule has 0 radical (unpaired) electrons. The third kappa shape index (κ3) is 2.68. The second-order valence-corrected chi connectivity index (χ2v) is 6.55. The largest absolute Gasteiger partial charge is 0.439 e. The van der Waals surface area contributed by atoms with E-state index in [1.165, 1.54) is 0 Å². The van der Waals surface area contributed by atoms with Gasteiger partial charge in [0.25, 0.3) is 0 Å². The van der Waals surface area contributed by atoms with E-state index in [4.69, 9.17) is 4.42 Å². The molecule has 1 aliphatic rings. The maximum absolute atomic E-state index is 5.84. The third-order valence-electron chi connectivity index (χ3n) is 4.80. The predicted octanol–water partition coefficient (Wildman–Crippen LogP) is 1.90. The van der Waals surface area contributed by atoms with Crippen molar-refractivity contribution in [2.24, 2.45) is 0 Å². The van der Waals surface area contributed by atoms with Crippen LogP contribution in [-0.4, -0.2) is 55.9 Å². The summed E-state index contributed by atoms with van der Waals surface area (Å²) in [6.07, 6.45) is 0. The Bertz CT molecular complexity index is 1030. The monoisotopic (exact) mass is 349 g/mol. The first-order chi connectivity index (χ1) is 12.8. The van der Waals surface area contributed by atoms with E-state index in [2.05, 4.69) is 30.1 Å². The van der Waals surface area contributed by atoms with Crippen molar-refractivity contribution in [3.63, 3.8) is 0 Å². The average molecular weight is 349 g/mol. The number of nitrogens with zero attached hydrogens (tertiary/aromatic N) is 7. The molecule has 132 valence electrons. The molecule has 1 fully saturated rings. The third-order valence-corrected chi connectivity index (χ3v) is 4.80. The van der Waals surface area contributed by atoms with E-state index in [1.807, 2.05) is 43.3 Å². The topological polar surface area (TPSA) is 75.6 Å². The van der Waals surface area contributed by atoms with Crippen LogP contribution in [0.5, 0.6) is 0 Å². The zero-order chi connectivity index (χ0) is 17.5. The molecule has 4 heterocycles. The van der Waals surface area contributed by atoms with Crippen molar-refractivity contribution in [2.75, 3.05) is 31.1 Å². The first-order valence-corrected chi connectivity index (χ1v) is 8.77. The fraction of sp³-hybridized carbons (Fsp3) is 0.333. The molecular formula is C18H19N7O. The van der Waals surface area contributed by atoms with Gasteiger partial charge in [-0.1, -0.05) is 12.1 Å². The van der Waals surface area contributed by atoms with Crippen molar-refractivity contribution in [2.45, 2.75) is 13.5 Å². The maximum Gasteiger partial charge on any atom is 0.209 e. The minimum Gasteiger partial charge on any atom is -0.439 e. The number of piperazine rings is 1. The fourth-order valence-electron chi connectivity index (χ4n) is 3.37. The summed E-state index contributed by atoms with van der Waals surface area (Å²) in [7, 11) is 0. The zero-order valence-corrected chi connectivity index (χ0v) is 14.5. The molecule has 0 atom stereocenters. The summed E-state index contributed by atoms with van der Waals surface area (Å²) in [5, 5.41) is 12.8. The summed E-state index contributed by atoms with van der Waals surface area (Å²) >= 11 is 0. The molecule has 0 N–H and O–H groups in total. The summed E-state index contributed by atoms with van der Waals surface area (Å²) in [4.78, 5) is 9.23. The van der Waals surface area contributed by atoms with E-state index >= 15 is 0 Å². The van der Waals surface area contributed by atoms with Gasteiger partial charge in [0.2, 0.25) is 5.89 Å². The summed E-state index contributed by atoms with van der Waals surface area (Å²) < 4.78 is 7.63. The van der Waals surface area contributed by atoms with Gasteiger partial charge in [-0.3, -0.25) is 4.90 Å². The number of rotatable bonds is 3. The number of hydrogen-bond acceptors (Lipinski definition) is 7. The van der Waals surface area contributed by atoms with Gasteiger partial charge >= 0.3 is 0 Å². The molecule has 4 aromatic rings. The van der Waals surface area contributed by atoms with Crippen LogP contribution in [0.25, 0.3) is 16.7 Å². The Labute approximate surface area is 150 Å². The normalized spacial score (nSPS) is 16.0. The Morgan fingerprint density at radius 1 is 1.00 bits per heavy atom. The van der Waals surface area contributed by atoms with Crippen LogP contribution in [0.15, 0.2) is 40.8 Å². The van der Waals surface area contributed by atoms with Crippen LogP contribution in [0, 0.1) is 6.92 Å². The molecule has 0 saturated carbocycles. The van der Waals surface area contributed by atoms with Gasteiger partial charge in [-0.05, 0) is 31.2 Å². The number of fused-ring (bicyclic) bond motifs is 2. The van der Waals surface area contributed by atoms with Crippen LogP contribution in [0.2, 0.25) is 0 Å². The molecular weight excluding hydrogens is 330 g/mol. The summed E-state index contributed by atoms with van der Waals surface area (Å²) in [6.45, 7) is 6.37. The number of anilines is 1. The number of oxazole rings is 1. The van der Waals surface area contributed by atoms with E-state index in [0.29, 0.717) is 0 Å². The molecule has 26 heavy (non-hydrogen) atoms. The van der Waals surface area contributed by atoms with E-state index in [0.717, 1.165) is 67.0 Å². The van der Waals surface area contributed by atoms with Gasteiger partial charge in [0, 0.05) is 26.2 Å². The van der Waals surface area contributed by atoms with E-state index in [9.17, 15) is 0 Å². The molecule has 3 aromatic heterocycles. The van der Waals surface area contributed by atoms with Gasteiger partial charge in [-0.25, -0.2) is 4.98 Å². The molecule has 1 aromatic carbocycles. The number of aryl methyl sites for hydroxylation is 1. The van der Waals surface area contributed by atoms with Gasteiger partial charge in [0.15, 0.2) is 17.1 Å². The van der Waals surface area contributed by atoms with Gasteiger partial charge in [0.05, 0.1) is 6.54 Å². The van der Waals surface area contributed by atoms with Crippen molar-refractivity contribution in [3.05, 3.63) is 48.1 Å². The van der Waals surface area contributed by atoms with Crippen molar-refractivity contribution in [3.8, 4) is 0 Å². The number of hydrogen-bond donors (Lipinski definition) is 0. The lowest BCUT2D eigenvalue weighted by atomic mass is 10.3. The second-order valence-electron chi connectivity index (χ2n) is 6.55. The van der Waals surface area contributed by atoms with Crippen LogP contribution in [-0.2, 0) is 6.54 Å². The SMILES string of the molecule is Cc1nnc2ccc(N3CCN(Cc4nc5ccccc5o4)CC3)nn12. The highest BCUT2D eigenvalue weighted by atomic mass is 16.3. The van der Waals surface area contributed by atoms with Gasteiger partial charge in [-0.2, -0.15) is 4.52 Å². The Hall–Kier alpha value is -3.00. The Balaban J connectivity index is 1.27. The minimum atomic E-state index is 0.736. The smallest absolute Gasteiger partial charge is 0.209 e. The molecule has 8 heteroatoms. The van der Waals surface area contributed by atoms with Crippen LogP contribution < -0.4 is 4.90 Å². The number of benzene rings is 1. The lowest BCUT2D eigenvalue weighted by molar-refractivity contribution is 0.228. The standard InChI is InChI=1S/C18H19N7O/c1-13-20-21-16-6-7-17(22-25(13)16)24-10-8-23(9-11-24)12-18-19-14-4-2-3-5-15(14)26-18/h2-7H,8-12H2,1H3. The molecule has 0 aliphatic carbocycles. The summed E-state index contributed by atoms with van der Waals surface area (Å²) in [6, 6.07) is 11.9. The first-order valence-electron chi connectivity index (χ1n) is 8.77. The zero-order valence-electron chi connectivity index (χ0n) is 14.5. The highest BCUT2D eigenvalue weighted by molar-refractivity contribution is 5.72. The van der Waals surface area contributed by atoms with E-state index in [1.54, 1.807) is 4.52 Å². The van der Waals surface area contributed by atoms with Crippen molar-refractivity contribution < 1.29 is 4.42 Å².